The van der Waals surface area contributed by atoms with E-state index in [0.717, 1.165) is 6.07 Å². The molecule has 0 bridgehead atoms. The highest BCUT2D eigenvalue weighted by Gasteiger charge is 2.26. The third-order valence-electron chi connectivity index (χ3n) is 2.41. The lowest BCUT2D eigenvalue weighted by molar-refractivity contribution is 0.444. The Balaban J connectivity index is 3.45. The van der Waals surface area contributed by atoms with Gasteiger partial charge in [0.1, 0.15) is 22.3 Å². The Kier molecular flexibility index (Phi) is 4.21. The zero-order valence-corrected chi connectivity index (χ0v) is 10.5. The molecule has 0 saturated carbocycles. The van der Waals surface area contributed by atoms with Gasteiger partial charge < -0.3 is 0 Å². The van der Waals surface area contributed by atoms with Crippen molar-refractivity contribution in [3.8, 4) is 6.07 Å². The summed E-state index contributed by atoms with van der Waals surface area (Å²) in [5.74, 6) is -0.819. The Morgan fingerprint density at radius 1 is 1.35 bits per heavy atom. The molecule has 0 aliphatic rings. The predicted molar refractivity (Wildman–Crippen MR) is 61.2 cm³/mol. The molecule has 0 amide bonds. The van der Waals surface area contributed by atoms with Crippen LogP contribution in [0.1, 0.15) is 19.4 Å². The van der Waals surface area contributed by atoms with E-state index in [4.69, 9.17) is 5.26 Å². The lowest BCUT2D eigenvalue weighted by atomic mass is 10.2. The van der Waals surface area contributed by atoms with Crippen LogP contribution in [0.25, 0.3) is 0 Å². The highest BCUT2D eigenvalue weighted by atomic mass is 32.2. The fourth-order valence-corrected chi connectivity index (χ4v) is 3.14. The molecule has 0 aliphatic heterocycles. The smallest absolute Gasteiger partial charge is 0.207 e. The monoisotopic (exact) mass is 256 g/mol. The van der Waals surface area contributed by atoms with Crippen molar-refractivity contribution in [2.45, 2.75) is 18.7 Å². The van der Waals surface area contributed by atoms with Gasteiger partial charge in [-0.15, -0.1) is 0 Å². The molecule has 0 unspecified atom stereocenters. The lowest BCUT2D eigenvalue weighted by Crippen LogP contribution is -2.31. The molecule has 0 radical (unpaired) electrons. The van der Waals surface area contributed by atoms with Gasteiger partial charge in [0.2, 0.25) is 10.0 Å². The van der Waals surface area contributed by atoms with E-state index in [-0.39, 0.29) is 18.0 Å². The number of nitrogens with zero attached hydrogens (tertiary/aromatic N) is 2. The largest absolute Gasteiger partial charge is 0.244 e. The minimum Gasteiger partial charge on any atom is -0.207 e. The fraction of sp³-hybridized carbons (Fsp3) is 0.364. The van der Waals surface area contributed by atoms with Crippen molar-refractivity contribution < 1.29 is 12.8 Å². The van der Waals surface area contributed by atoms with Crippen LogP contribution in [0.5, 0.6) is 0 Å². The van der Waals surface area contributed by atoms with Crippen LogP contribution in [0, 0.1) is 17.1 Å². The highest BCUT2D eigenvalue weighted by molar-refractivity contribution is 7.89. The maximum Gasteiger partial charge on any atom is 0.244 e. The van der Waals surface area contributed by atoms with Gasteiger partial charge >= 0.3 is 0 Å². The topological polar surface area (TPSA) is 61.2 Å². The first-order valence-electron chi connectivity index (χ1n) is 5.17. The zero-order valence-electron chi connectivity index (χ0n) is 9.64. The van der Waals surface area contributed by atoms with Crippen molar-refractivity contribution in [3.63, 3.8) is 0 Å². The van der Waals surface area contributed by atoms with E-state index in [0.29, 0.717) is 0 Å². The Morgan fingerprint density at radius 3 is 2.41 bits per heavy atom. The van der Waals surface area contributed by atoms with Gasteiger partial charge in [0.25, 0.3) is 0 Å². The number of nitriles is 1. The van der Waals surface area contributed by atoms with E-state index < -0.39 is 21.4 Å². The normalized spacial score (nSPS) is 11.5. The van der Waals surface area contributed by atoms with E-state index in [9.17, 15) is 12.8 Å². The molecule has 92 valence electrons. The van der Waals surface area contributed by atoms with Gasteiger partial charge in [-0.25, -0.2) is 12.8 Å². The molecule has 0 atom stereocenters. The van der Waals surface area contributed by atoms with Crippen LogP contribution < -0.4 is 0 Å². The van der Waals surface area contributed by atoms with Crippen LogP contribution in [0.2, 0.25) is 0 Å². The summed E-state index contributed by atoms with van der Waals surface area (Å²) in [6.45, 7) is 3.93. The number of sulfonamides is 1. The SMILES string of the molecule is CCN(CC)S(=O)(=O)c1cccc(F)c1C#N. The van der Waals surface area contributed by atoms with Crippen LogP contribution in [-0.2, 0) is 10.0 Å². The molecule has 1 aromatic carbocycles. The van der Waals surface area contributed by atoms with Gasteiger partial charge in [0, 0.05) is 13.1 Å². The highest BCUT2D eigenvalue weighted by Crippen LogP contribution is 2.21. The molecule has 1 rings (SSSR count). The Morgan fingerprint density at radius 2 is 1.94 bits per heavy atom. The summed E-state index contributed by atoms with van der Waals surface area (Å²) in [7, 11) is -3.80. The van der Waals surface area contributed by atoms with E-state index >= 15 is 0 Å². The maximum atomic E-state index is 13.3. The first-order valence-corrected chi connectivity index (χ1v) is 6.61. The average molecular weight is 256 g/mol. The van der Waals surface area contributed by atoms with Crippen LogP contribution in [0.4, 0.5) is 4.39 Å². The standard InChI is InChI=1S/C11H13FN2O2S/c1-3-14(4-2)17(15,16)11-7-5-6-10(12)9(11)8-13/h5-7H,3-4H2,1-2H3. The minimum absolute atomic E-state index is 0.274. The first-order chi connectivity index (χ1) is 7.98. The molecule has 0 aromatic heterocycles. The Bertz CT molecular complexity index is 545. The Hall–Kier alpha value is -1.45. The molecule has 4 nitrogen and oxygen atoms in total. The molecule has 0 spiro atoms. The van der Waals surface area contributed by atoms with Crippen LogP contribution in [0.15, 0.2) is 23.1 Å². The summed E-state index contributed by atoms with van der Waals surface area (Å²) in [6, 6.07) is 5.19. The number of halogens is 1. The zero-order chi connectivity index (χ0) is 13.1. The van der Waals surface area contributed by atoms with Crippen LogP contribution >= 0.6 is 0 Å². The summed E-state index contributed by atoms with van der Waals surface area (Å²) in [5.41, 5.74) is -0.431. The second kappa shape index (κ2) is 5.25. The van der Waals surface area contributed by atoms with Crippen molar-refractivity contribution in [1.29, 1.82) is 5.26 Å². The van der Waals surface area contributed by atoms with Gasteiger partial charge in [-0.1, -0.05) is 19.9 Å². The summed E-state index contributed by atoms with van der Waals surface area (Å²) >= 11 is 0. The molecule has 6 heteroatoms. The number of benzene rings is 1. The second-order valence-corrected chi connectivity index (χ2v) is 5.22. The summed E-state index contributed by atoms with van der Waals surface area (Å²) < 4.78 is 38.8. The maximum absolute atomic E-state index is 13.3. The van der Waals surface area contributed by atoms with Crippen molar-refractivity contribution in [1.82, 2.24) is 4.31 Å². The van der Waals surface area contributed by atoms with Crippen LogP contribution in [0.3, 0.4) is 0 Å². The third-order valence-corrected chi connectivity index (χ3v) is 4.50. The second-order valence-electron chi connectivity index (χ2n) is 3.31. The Labute approximate surface area is 100 Å². The molecular weight excluding hydrogens is 243 g/mol. The molecule has 0 aliphatic carbocycles. The molecular formula is C11H13FN2O2S. The summed E-state index contributed by atoms with van der Waals surface area (Å²) in [5, 5.41) is 8.82. The molecule has 1 aromatic rings. The van der Waals surface area contributed by atoms with Crippen molar-refractivity contribution in [2.24, 2.45) is 0 Å². The van der Waals surface area contributed by atoms with Crippen LogP contribution in [-0.4, -0.2) is 25.8 Å². The average Bonchev–Trinajstić information content (AvgIpc) is 2.29. The number of hydrogen-bond donors (Lipinski definition) is 0. The molecule has 17 heavy (non-hydrogen) atoms. The molecule has 0 fully saturated rings. The first kappa shape index (κ1) is 13.6. The van der Waals surface area contributed by atoms with E-state index in [2.05, 4.69) is 0 Å². The predicted octanol–water partition coefficient (Wildman–Crippen LogP) is 1.73. The van der Waals surface area contributed by atoms with Gasteiger partial charge in [0.05, 0.1) is 0 Å². The van der Waals surface area contributed by atoms with E-state index in [1.165, 1.54) is 16.4 Å². The molecule has 0 N–H and O–H groups in total. The van der Waals surface area contributed by atoms with Gasteiger partial charge in [-0.05, 0) is 12.1 Å². The van der Waals surface area contributed by atoms with Gasteiger partial charge in [0.15, 0.2) is 0 Å². The summed E-state index contributed by atoms with van der Waals surface area (Å²) in [6.07, 6.45) is 0. The fourth-order valence-electron chi connectivity index (χ4n) is 1.53. The van der Waals surface area contributed by atoms with Gasteiger partial charge in [-0.2, -0.15) is 9.57 Å². The molecule has 0 heterocycles. The molecule has 0 saturated heterocycles. The summed E-state index contributed by atoms with van der Waals surface area (Å²) in [4.78, 5) is -0.274. The van der Waals surface area contributed by atoms with Crippen molar-refractivity contribution in [3.05, 3.63) is 29.6 Å². The van der Waals surface area contributed by atoms with Crippen molar-refractivity contribution >= 4 is 10.0 Å². The number of hydrogen-bond acceptors (Lipinski definition) is 3. The van der Waals surface area contributed by atoms with E-state index in [1.54, 1.807) is 19.9 Å². The number of rotatable bonds is 4. The quantitative estimate of drug-likeness (QED) is 0.824. The van der Waals surface area contributed by atoms with Crippen molar-refractivity contribution in [2.75, 3.05) is 13.1 Å². The third kappa shape index (κ3) is 2.46. The minimum atomic E-state index is -3.80. The van der Waals surface area contributed by atoms with Gasteiger partial charge in [-0.3, -0.25) is 0 Å². The lowest BCUT2D eigenvalue weighted by Gasteiger charge is -2.19. The van der Waals surface area contributed by atoms with E-state index in [1.807, 2.05) is 0 Å².